The predicted octanol–water partition coefficient (Wildman–Crippen LogP) is 5.87. The summed E-state index contributed by atoms with van der Waals surface area (Å²) in [7, 11) is 1.33. The molecule has 0 aliphatic rings. The first kappa shape index (κ1) is 22.3. The van der Waals surface area contributed by atoms with E-state index in [9.17, 15) is 28.5 Å². The van der Waals surface area contributed by atoms with Crippen molar-refractivity contribution in [2.24, 2.45) is 0 Å². The zero-order valence-electron chi connectivity index (χ0n) is 16.5. The van der Waals surface area contributed by atoms with Crippen LogP contribution >= 0.6 is 0 Å². The number of hydrogen-bond donors (Lipinski definition) is 0. The summed E-state index contributed by atoms with van der Waals surface area (Å²) in [6.07, 6.45) is -1.62. The van der Waals surface area contributed by atoms with E-state index in [2.05, 4.69) is 11.1 Å². The summed E-state index contributed by atoms with van der Waals surface area (Å²) in [6.45, 7) is 0. The van der Waals surface area contributed by atoms with Crippen LogP contribution in [0.1, 0.15) is 16.8 Å². The Hall–Kier alpha value is -4.39. The lowest BCUT2D eigenvalue weighted by Crippen LogP contribution is -2.06. The van der Waals surface area contributed by atoms with Gasteiger partial charge < -0.3 is 9.47 Å². The van der Waals surface area contributed by atoms with E-state index in [0.717, 1.165) is 6.07 Å². The molecule has 1 heterocycles. The van der Waals surface area contributed by atoms with Gasteiger partial charge in [0.25, 0.3) is 0 Å². The van der Waals surface area contributed by atoms with Gasteiger partial charge in [0.1, 0.15) is 6.07 Å². The number of aromatic nitrogens is 1. The van der Waals surface area contributed by atoms with Crippen molar-refractivity contribution >= 4 is 17.3 Å². The molecule has 0 radical (unpaired) electrons. The van der Waals surface area contributed by atoms with E-state index in [4.69, 9.17) is 9.47 Å². The van der Waals surface area contributed by atoms with Crippen LogP contribution in [-0.4, -0.2) is 17.0 Å². The molecule has 0 atom stereocenters. The number of rotatable bonds is 6. The number of alkyl halides is 3. The van der Waals surface area contributed by atoms with E-state index in [1.54, 1.807) is 36.5 Å². The zero-order chi connectivity index (χ0) is 23.3. The molecule has 0 bridgehead atoms. The second-order valence-corrected chi connectivity index (χ2v) is 6.33. The maximum atomic E-state index is 12.9. The molecule has 1 aromatic heterocycles. The maximum Gasteiger partial charge on any atom is 0.416 e. The van der Waals surface area contributed by atoms with Crippen molar-refractivity contribution in [3.05, 3.63) is 87.7 Å². The normalized spacial score (nSPS) is 11.5. The predicted molar refractivity (Wildman–Crippen MR) is 109 cm³/mol. The van der Waals surface area contributed by atoms with Crippen LogP contribution in [0.4, 0.5) is 18.9 Å². The SMILES string of the molecule is COc1cc(C=C(C#N)c2ccccn2)ccc1Oc1ccc(C(F)(F)F)cc1[N+](=O)[O-]. The van der Waals surface area contributed by atoms with Crippen molar-refractivity contribution in [2.45, 2.75) is 6.18 Å². The maximum absolute atomic E-state index is 12.9. The van der Waals surface area contributed by atoms with Crippen molar-refractivity contribution in [3.63, 3.8) is 0 Å². The van der Waals surface area contributed by atoms with Gasteiger partial charge in [-0.25, -0.2) is 0 Å². The summed E-state index contributed by atoms with van der Waals surface area (Å²) >= 11 is 0. The summed E-state index contributed by atoms with van der Waals surface area (Å²) in [6, 6.07) is 13.7. The molecule has 0 fully saturated rings. The minimum Gasteiger partial charge on any atom is -0.493 e. The molecule has 0 aliphatic heterocycles. The lowest BCUT2D eigenvalue weighted by Gasteiger charge is -2.13. The van der Waals surface area contributed by atoms with Crippen LogP contribution in [0.25, 0.3) is 11.6 Å². The third-order valence-corrected chi connectivity index (χ3v) is 4.26. The summed E-state index contributed by atoms with van der Waals surface area (Å²) in [5, 5.41) is 20.7. The van der Waals surface area contributed by atoms with Crippen LogP contribution in [0.2, 0.25) is 0 Å². The number of nitro benzene ring substituents is 1. The van der Waals surface area contributed by atoms with Crippen LogP contribution in [0.5, 0.6) is 17.2 Å². The minimum absolute atomic E-state index is 0.0452. The fraction of sp³-hybridized carbons (Fsp3) is 0.0909. The molecule has 2 aromatic carbocycles. The molecule has 0 N–H and O–H groups in total. The highest BCUT2D eigenvalue weighted by Crippen LogP contribution is 2.40. The molecule has 0 saturated carbocycles. The van der Waals surface area contributed by atoms with E-state index in [1.165, 1.54) is 19.2 Å². The Kier molecular flexibility index (Phi) is 6.39. The highest BCUT2D eigenvalue weighted by Gasteiger charge is 2.33. The molecule has 0 spiro atoms. The molecule has 32 heavy (non-hydrogen) atoms. The number of nitriles is 1. The molecule has 0 unspecified atom stereocenters. The van der Waals surface area contributed by atoms with Gasteiger partial charge in [0.05, 0.1) is 28.9 Å². The molecule has 3 aromatic rings. The van der Waals surface area contributed by atoms with Gasteiger partial charge in [-0.05, 0) is 48.0 Å². The number of halogens is 3. The molecule has 3 rings (SSSR count). The summed E-state index contributed by atoms with van der Waals surface area (Å²) in [5.41, 5.74) is -0.692. The molecular weight excluding hydrogens is 427 g/mol. The number of nitro groups is 1. The number of pyridine rings is 1. The Labute approximate surface area is 180 Å². The average Bonchev–Trinajstić information content (AvgIpc) is 2.78. The van der Waals surface area contributed by atoms with Crippen molar-refractivity contribution in [3.8, 4) is 23.3 Å². The van der Waals surface area contributed by atoms with Gasteiger partial charge >= 0.3 is 11.9 Å². The molecule has 0 aliphatic carbocycles. The number of methoxy groups -OCH3 is 1. The van der Waals surface area contributed by atoms with E-state index in [0.29, 0.717) is 29.0 Å². The van der Waals surface area contributed by atoms with E-state index in [-0.39, 0.29) is 17.2 Å². The Morgan fingerprint density at radius 1 is 1.12 bits per heavy atom. The van der Waals surface area contributed by atoms with Gasteiger partial charge in [-0.3, -0.25) is 15.1 Å². The van der Waals surface area contributed by atoms with E-state index in [1.807, 2.05) is 0 Å². The average molecular weight is 441 g/mol. The Balaban J connectivity index is 1.96. The van der Waals surface area contributed by atoms with Crippen LogP contribution in [0, 0.1) is 21.4 Å². The monoisotopic (exact) mass is 441 g/mol. The number of ether oxygens (including phenoxy) is 2. The van der Waals surface area contributed by atoms with Crippen LogP contribution in [-0.2, 0) is 6.18 Å². The smallest absolute Gasteiger partial charge is 0.416 e. The van der Waals surface area contributed by atoms with Gasteiger partial charge in [0, 0.05) is 12.3 Å². The standard InChI is InChI=1S/C22H14F3N3O4/c1-31-21-11-14(10-15(13-26)17-4-2-3-9-27-17)5-7-20(21)32-19-8-6-16(22(23,24)25)12-18(19)28(29)30/h2-12H,1H3. The van der Waals surface area contributed by atoms with Gasteiger partial charge in [0.15, 0.2) is 11.5 Å². The lowest BCUT2D eigenvalue weighted by molar-refractivity contribution is -0.385. The quantitative estimate of drug-likeness (QED) is 0.269. The van der Waals surface area contributed by atoms with Crippen molar-refractivity contribution < 1.29 is 27.6 Å². The van der Waals surface area contributed by atoms with Crippen LogP contribution in [0.3, 0.4) is 0 Å². The van der Waals surface area contributed by atoms with Crippen LogP contribution in [0.15, 0.2) is 60.8 Å². The molecular formula is C22H14F3N3O4. The number of benzene rings is 2. The van der Waals surface area contributed by atoms with E-state index < -0.39 is 22.4 Å². The third-order valence-electron chi connectivity index (χ3n) is 4.26. The largest absolute Gasteiger partial charge is 0.493 e. The fourth-order valence-electron chi connectivity index (χ4n) is 2.75. The first-order chi connectivity index (χ1) is 15.2. The summed E-state index contributed by atoms with van der Waals surface area (Å²) in [4.78, 5) is 14.4. The van der Waals surface area contributed by atoms with Crippen molar-refractivity contribution in [1.29, 1.82) is 5.26 Å². The topological polar surface area (TPSA) is 98.3 Å². The second kappa shape index (κ2) is 9.18. The van der Waals surface area contributed by atoms with Gasteiger partial charge in [-0.1, -0.05) is 12.1 Å². The van der Waals surface area contributed by atoms with Crippen molar-refractivity contribution in [2.75, 3.05) is 7.11 Å². The summed E-state index contributed by atoms with van der Waals surface area (Å²) < 4.78 is 49.4. The lowest BCUT2D eigenvalue weighted by atomic mass is 10.1. The number of hydrogen-bond acceptors (Lipinski definition) is 6. The first-order valence-corrected chi connectivity index (χ1v) is 8.97. The van der Waals surface area contributed by atoms with Gasteiger partial charge in [-0.2, -0.15) is 18.4 Å². The summed E-state index contributed by atoms with van der Waals surface area (Å²) in [5.74, 6) is -0.175. The van der Waals surface area contributed by atoms with E-state index >= 15 is 0 Å². The fourth-order valence-corrected chi connectivity index (χ4v) is 2.75. The number of allylic oxidation sites excluding steroid dienone is 1. The highest BCUT2D eigenvalue weighted by atomic mass is 19.4. The minimum atomic E-state index is -4.74. The Morgan fingerprint density at radius 3 is 2.47 bits per heavy atom. The second-order valence-electron chi connectivity index (χ2n) is 6.33. The van der Waals surface area contributed by atoms with Crippen molar-refractivity contribution in [1.82, 2.24) is 4.98 Å². The molecule has 162 valence electrons. The Bertz CT molecular complexity index is 1220. The van der Waals surface area contributed by atoms with Gasteiger partial charge in [0.2, 0.25) is 5.75 Å². The Morgan fingerprint density at radius 2 is 1.88 bits per heavy atom. The third kappa shape index (κ3) is 5.02. The first-order valence-electron chi connectivity index (χ1n) is 8.97. The molecule has 7 nitrogen and oxygen atoms in total. The molecule has 10 heteroatoms. The zero-order valence-corrected chi connectivity index (χ0v) is 16.5. The van der Waals surface area contributed by atoms with Gasteiger partial charge in [-0.15, -0.1) is 0 Å². The number of nitrogens with zero attached hydrogens (tertiary/aromatic N) is 3. The van der Waals surface area contributed by atoms with Crippen LogP contribution < -0.4 is 9.47 Å². The molecule has 0 saturated heterocycles. The molecule has 0 amide bonds. The highest BCUT2D eigenvalue weighted by molar-refractivity contribution is 5.88.